The summed E-state index contributed by atoms with van der Waals surface area (Å²) in [7, 11) is 0. The van der Waals surface area contributed by atoms with Crippen molar-refractivity contribution in [2.75, 3.05) is 13.1 Å². The van der Waals surface area contributed by atoms with Crippen LogP contribution in [0.25, 0.3) is 0 Å². The number of nitrogens with zero attached hydrogens (tertiary/aromatic N) is 5. The molecule has 6 nitrogen and oxygen atoms in total. The van der Waals surface area contributed by atoms with Crippen LogP contribution in [0, 0.1) is 5.92 Å². The van der Waals surface area contributed by atoms with Crippen LogP contribution in [0.15, 0.2) is 17.1 Å². The van der Waals surface area contributed by atoms with Gasteiger partial charge in [0.2, 0.25) is 0 Å². The maximum absolute atomic E-state index is 12.3. The number of hydrogen-bond acceptors (Lipinski definition) is 4. The highest BCUT2D eigenvalue weighted by molar-refractivity contribution is 5.22. The number of piperidine rings is 1. The zero-order valence-electron chi connectivity index (χ0n) is 16.1. The summed E-state index contributed by atoms with van der Waals surface area (Å²) in [5.74, 6) is 1.79. The van der Waals surface area contributed by atoms with Crippen LogP contribution in [-0.4, -0.2) is 37.3 Å². The van der Waals surface area contributed by atoms with E-state index in [0.717, 1.165) is 70.5 Å². The largest absolute Gasteiger partial charge is 0.331 e. The molecule has 6 heteroatoms. The van der Waals surface area contributed by atoms with Crippen molar-refractivity contribution in [1.82, 2.24) is 24.2 Å². The normalized spacial score (nSPS) is 20.6. The summed E-state index contributed by atoms with van der Waals surface area (Å²) in [6, 6.07) is 1.83. The fraction of sp³-hybridized carbons (Fsp3) is 0.667. The van der Waals surface area contributed by atoms with E-state index in [9.17, 15) is 4.79 Å². The van der Waals surface area contributed by atoms with Crippen molar-refractivity contribution in [3.05, 3.63) is 45.4 Å². The first kappa shape index (κ1) is 17.2. The quantitative estimate of drug-likeness (QED) is 0.831. The predicted octanol–water partition coefficient (Wildman–Crippen LogP) is 2.18. The molecule has 1 saturated heterocycles. The van der Waals surface area contributed by atoms with Gasteiger partial charge in [0, 0.05) is 31.0 Å². The molecule has 1 aliphatic carbocycles. The summed E-state index contributed by atoms with van der Waals surface area (Å²) in [6.45, 7) is 5.05. The molecular weight excluding hydrogens is 338 g/mol. The summed E-state index contributed by atoms with van der Waals surface area (Å²) < 4.78 is 4.17. The van der Waals surface area contributed by atoms with E-state index in [1.54, 1.807) is 4.68 Å². The summed E-state index contributed by atoms with van der Waals surface area (Å²) in [5.41, 5.74) is 3.82. The minimum absolute atomic E-state index is 0.0853. The first-order chi connectivity index (χ1) is 13.3. The summed E-state index contributed by atoms with van der Waals surface area (Å²) in [6.07, 6.45) is 11.3. The Bertz CT molecular complexity index is 875. The van der Waals surface area contributed by atoms with E-state index >= 15 is 0 Å². The molecular formula is C21H29N5O. The van der Waals surface area contributed by atoms with Crippen molar-refractivity contribution < 1.29 is 0 Å². The molecule has 0 saturated carbocycles. The molecule has 0 radical (unpaired) electrons. The monoisotopic (exact) mass is 367 g/mol. The molecule has 2 aromatic heterocycles. The third-order valence-corrected chi connectivity index (χ3v) is 6.61. The lowest BCUT2D eigenvalue weighted by molar-refractivity contribution is 0.158. The van der Waals surface area contributed by atoms with Gasteiger partial charge in [-0.15, -0.1) is 0 Å². The van der Waals surface area contributed by atoms with Crippen LogP contribution in [-0.2, 0) is 38.9 Å². The molecule has 0 bridgehead atoms. The molecule has 1 fully saturated rings. The van der Waals surface area contributed by atoms with Crippen LogP contribution in [0.3, 0.4) is 0 Å². The number of aryl methyl sites for hydroxylation is 3. The molecule has 2 aromatic rings. The third kappa shape index (κ3) is 3.47. The zero-order chi connectivity index (χ0) is 18.2. The van der Waals surface area contributed by atoms with Gasteiger partial charge >= 0.3 is 0 Å². The minimum atomic E-state index is 0.0853. The molecule has 3 aliphatic rings. The van der Waals surface area contributed by atoms with Gasteiger partial charge in [-0.3, -0.25) is 9.69 Å². The lowest BCUT2D eigenvalue weighted by atomic mass is 9.97. The number of hydrogen-bond donors (Lipinski definition) is 0. The van der Waals surface area contributed by atoms with Gasteiger partial charge in [0.05, 0.1) is 12.2 Å². The van der Waals surface area contributed by atoms with E-state index in [1.165, 1.54) is 36.3 Å². The Balaban J connectivity index is 1.19. The molecule has 27 heavy (non-hydrogen) atoms. The maximum Gasteiger partial charge on any atom is 0.267 e. The van der Waals surface area contributed by atoms with Crippen molar-refractivity contribution in [2.24, 2.45) is 5.92 Å². The Kier molecular flexibility index (Phi) is 4.60. The Morgan fingerprint density at radius 1 is 1.04 bits per heavy atom. The Hall–Kier alpha value is -1.95. The topological polar surface area (TPSA) is 56.0 Å². The van der Waals surface area contributed by atoms with Crippen LogP contribution >= 0.6 is 0 Å². The lowest BCUT2D eigenvalue weighted by Gasteiger charge is -2.32. The molecule has 0 spiro atoms. The first-order valence-electron chi connectivity index (χ1n) is 10.6. The molecule has 5 rings (SSSR count). The molecule has 0 unspecified atom stereocenters. The van der Waals surface area contributed by atoms with E-state index in [4.69, 9.17) is 0 Å². The smallest absolute Gasteiger partial charge is 0.267 e. The maximum atomic E-state index is 12.3. The summed E-state index contributed by atoms with van der Waals surface area (Å²) >= 11 is 0. The van der Waals surface area contributed by atoms with Crippen molar-refractivity contribution in [1.29, 1.82) is 0 Å². The molecule has 4 heterocycles. The number of rotatable bonds is 4. The van der Waals surface area contributed by atoms with Crippen LogP contribution in [0.2, 0.25) is 0 Å². The Labute approximate surface area is 160 Å². The second-order valence-electron chi connectivity index (χ2n) is 8.48. The lowest BCUT2D eigenvalue weighted by Crippen LogP contribution is -2.37. The number of imidazole rings is 1. The Morgan fingerprint density at radius 2 is 1.93 bits per heavy atom. The van der Waals surface area contributed by atoms with Gasteiger partial charge < -0.3 is 4.57 Å². The van der Waals surface area contributed by atoms with Gasteiger partial charge in [-0.2, -0.15) is 5.10 Å². The fourth-order valence-corrected chi connectivity index (χ4v) is 4.97. The summed E-state index contributed by atoms with van der Waals surface area (Å²) in [5, 5.41) is 4.65. The first-order valence-corrected chi connectivity index (χ1v) is 10.6. The van der Waals surface area contributed by atoms with Crippen molar-refractivity contribution >= 4 is 0 Å². The number of aromatic nitrogens is 4. The van der Waals surface area contributed by atoms with Gasteiger partial charge in [-0.1, -0.05) is 0 Å². The minimum Gasteiger partial charge on any atom is -0.331 e. The van der Waals surface area contributed by atoms with Crippen LogP contribution in [0.1, 0.15) is 54.9 Å². The van der Waals surface area contributed by atoms with E-state index in [0.29, 0.717) is 5.92 Å². The highest BCUT2D eigenvalue weighted by Gasteiger charge is 2.23. The van der Waals surface area contributed by atoms with Gasteiger partial charge in [-0.25, -0.2) is 9.67 Å². The van der Waals surface area contributed by atoms with Crippen LogP contribution < -0.4 is 5.56 Å². The molecule has 144 valence electrons. The van der Waals surface area contributed by atoms with E-state index in [2.05, 4.69) is 25.7 Å². The standard InChI is InChI=1S/C21H29N5O/c27-21-12-17-4-3-6-19(17)23-26(21)14-16-7-10-24(11-8-16)15-20-22-13-18-5-1-2-9-25(18)20/h12-13,16H,1-11,14-15H2. The highest BCUT2D eigenvalue weighted by Crippen LogP contribution is 2.23. The zero-order valence-corrected chi connectivity index (χ0v) is 16.1. The predicted molar refractivity (Wildman–Crippen MR) is 104 cm³/mol. The molecule has 0 atom stereocenters. The van der Waals surface area contributed by atoms with E-state index in [-0.39, 0.29) is 5.56 Å². The van der Waals surface area contributed by atoms with Gasteiger partial charge in [0.25, 0.3) is 5.56 Å². The van der Waals surface area contributed by atoms with Gasteiger partial charge in [0.15, 0.2) is 0 Å². The molecule has 2 aliphatic heterocycles. The molecule has 0 aromatic carbocycles. The second-order valence-corrected chi connectivity index (χ2v) is 8.48. The third-order valence-electron chi connectivity index (χ3n) is 6.61. The Morgan fingerprint density at radius 3 is 2.81 bits per heavy atom. The van der Waals surface area contributed by atoms with E-state index < -0.39 is 0 Å². The SMILES string of the molecule is O=c1cc2c(nn1CC1CCN(Cc3ncc4n3CCCC4)CC1)CCC2. The average Bonchev–Trinajstić information content (AvgIpc) is 3.30. The summed E-state index contributed by atoms with van der Waals surface area (Å²) in [4.78, 5) is 19.6. The molecule has 0 N–H and O–H groups in total. The van der Waals surface area contributed by atoms with Crippen molar-refractivity contribution in [3.8, 4) is 0 Å². The second kappa shape index (κ2) is 7.23. The van der Waals surface area contributed by atoms with Crippen LogP contribution in [0.4, 0.5) is 0 Å². The molecule has 0 amide bonds. The van der Waals surface area contributed by atoms with Gasteiger partial charge in [-0.05, 0) is 75.9 Å². The van der Waals surface area contributed by atoms with E-state index in [1.807, 2.05) is 6.07 Å². The fourth-order valence-electron chi connectivity index (χ4n) is 4.97. The number of fused-ring (bicyclic) bond motifs is 2. The van der Waals surface area contributed by atoms with Crippen molar-refractivity contribution in [2.45, 2.75) is 71.0 Å². The van der Waals surface area contributed by atoms with Crippen molar-refractivity contribution in [3.63, 3.8) is 0 Å². The average molecular weight is 367 g/mol. The van der Waals surface area contributed by atoms with Gasteiger partial charge in [0.1, 0.15) is 5.82 Å². The highest BCUT2D eigenvalue weighted by atomic mass is 16.1. The number of likely N-dealkylation sites (tertiary alicyclic amines) is 1. The van der Waals surface area contributed by atoms with Crippen LogP contribution in [0.5, 0.6) is 0 Å².